The van der Waals surface area contributed by atoms with E-state index in [1.165, 1.54) is 23.9 Å². The van der Waals surface area contributed by atoms with Crippen LogP contribution < -0.4 is 0 Å². The average molecular weight is 300 g/mol. The largest absolute Gasteiger partial charge is 0.207 e. The summed E-state index contributed by atoms with van der Waals surface area (Å²) in [6.45, 7) is 3.89. The van der Waals surface area contributed by atoms with E-state index in [9.17, 15) is 8.78 Å². The van der Waals surface area contributed by atoms with Crippen LogP contribution in [0.5, 0.6) is 0 Å². The molecule has 0 saturated carbocycles. The molecule has 0 unspecified atom stereocenters. The standard InChI is InChI=1S/C18H18F2N2/c1-3-4-16-17(19)9-15(10-18(16)20)12-22-21-11-14-7-5-13(2)6-8-14/h5-12H,3-4H2,1-2H3. The second-order valence-corrected chi connectivity index (χ2v) is 5.11. The molecule has 0 aliphatic carbocycles. The Morgan fingerprint density at radius 3 is 2.00 bits per heavy atom. The van der Waals surface area contributed by atoms with Gasteiger partial charge in [-0.1, -0.05) is 43.2 Å². The fraction of sp³-hybridized carbons (Fsp3) is 0.222. The van der Waals surface area contributed by atoms with Crippen LogP contribution in [-0.2, 0) is 6.42 Å². The highest BCUT2D eigenvalue weighted by molar-refractivity contribution is 5.82. The van der Waals surface area contributed by atoms with Crippen LogP contribution in [0, 0.1) is 18.6 Å². The van der Waals surface area contributed by atoms with Gasteiger partial charge in [-0.15, -0.1) is 0 Å². The third-order valence-electron chi connectivity index (χ3n) is 3.22. The van der Waals surface area contributed by atoms with Crippen LogP contribution in [0.15, 0.2) is 46.6 Å². The van der Waals surface area contributed by atoms with Crippen molar-refractivity contribution in [2.24, 2.45) is 10.2 Å². The van der Waals surface area contributed by atoms with Crippen molar-refractivity contribution in [1.29, 1.82) is 0 Å². The van der Waals surface area contributed by atoms with Crippen LogP contribution in [0.25, 0.3) is 0 Å². The molecular weight excluding hydrogens is 282 g/mol. The molecule has 2 aromatic rings. The monoisotopic (exact) mass is 300 g/mol. The van der Waals surface area contributed by atoms with Gasteiger partial charge in [-0.25, -0.2) is 8.78 Å². The number of nitrogens with zero attached hydrogens (tertiary/aromatic N) is 2. The minimum Gasteiger partial charge on any atom is -0.207 e. The summed E-state index contributed by atoms with van der Waals surface area (Å²) in [6, 6.07) is 10.4. The van der Waals surface area contributed by atoms with Gasteiger partial charge in [0.25, 0.3) is 0 Å². The van der Waals surface area contributed by atoms with Gasteiger partial charge in [-0.2, -0.15) is 10.2 Å². The van der Waals surface area contributed by atoms with Gasteiger partial charge < -0.3 is 0 Å². The zero-order valence-corrected chi connectivity index (χ0v) is 12.7. The number of benzene rings is 2. The van der Waals surface area contributed by atoms with E-state index in [0.29, 0.717) is 18.4 Å². The van der Waals surface area contributed by atoms with E-state index in [1.54, 1.807) is 6.21 Å². The molecule has 0 aromatic heterocycles. The van der Waals surface area contributed by atoms with Crippen molar-refractivity contribution < 1.29 is 8.78 Å². The Labute approximate surface area is 129 Å². The normalized spacial score (nSPS) is 11.6. The lowest BCUT2D eigenvalue weighted by atomic mass is 10.1. The van der Waals surface area contributed by atoms with Gasteiger partial charge in [0.15, 0.2) is 0 Å². The number of hydrogen-bond acceptors (Lipinski definition) is 2. The predicted octanol–water partition coefficient (Wildman–Crippen LogP) is 4.68. The molecule has 2 aromatic carbocycles. The summed E-state index contributed by atoms with van der Waals surface area (Å²) in [4.78, 5) is 0. The molecule has 0 aliphatic heterocycles. The summed E-state index contributed by atoms with van der Waals surface area (Å²) in [6.07, 6.45) is 4.02. The van der Waals surface area contributed by atoms with Gasteiger partial charge in [0.2, 0.25) is 0 Å². The summed E-state index contributed by atoms with van der Waals surface area (Å²) in [5.41, 5.74) is 2.57. The van der Waals surface area contributed by atoms with Crippen LogP contribution in [-0.4, -0.2) is 12.4 Å². The highest BCUT2D eigenvalue weighted by atomic mass is 19.1. The molecule has 0 amide bonds. The van der Waals surface area contributed by atoms with E-state index >= 15 is 0 Å². The molecule has 0 radical (unpaired) electrons. The summed E-state index contributed by atoms with van der Waals surface area (Å²) in [5.74, 6) is -1.07. The van der Waals surface area contributed by atoms with E-state index in [1.807, 2.05) is 38.1 Å². The van der Waals surface area contributed by atoms with Gasteiger partial charge in [-0.05, 0) is 31.0 Å². The Hall–Kier alpha value is -2.36. The minimum atomic E-state index is -0.536. The zero-order chi connectivity index (χ0) is 15.9. The first-order valence-corrected chi connectivity index (χ1v) is 7.21. The lowest BCUT2D eigenvalue weighted by Gasteiger charge is -2.04. The van der Waals surface area contributed by atoms with E-state index in [2.05, 4.69) is 10.2 Å². The van der Waals surface area contributed by atoms with Crippen LogP contribution in [0.2, 0.25) is 0 Å². The first-order chi connectivity index (χ1) is 10.6. The molecule has 0 saturated heterocycles. The van der Waals surface area contributed by atoms with Gasteiger partial charge in [-0.3, -0.25) is 0 Å². The molecule has 0 heterocycles. The Kier molecular flexibility index (Phi) is 5.53. The summed E-state index contributed by atoms with van der Waals surface area (Å²) in [7, 11) is 0. The molecule has 2 rings (SSSR count). The van der Waals surface area contributed by atoms with E-state index in [4.69, 9.17) is 0 Å². The number of halogens is 2. The summed E-state index contributed by atoms with van der Waals surface area (Å²) in [5, 5.41) is 7.71. The van der Waals surface area contributed by atoms with Gasteiger partial charge >= 0.3 is 0 Å². The number of hydrogen-bond donors (Lipinski definition) is 0. The maximum absolute atomic E-state index is 13.8. The lowest BCUT2D eigenvalue weighted by Crippen LogP contribution is -1.97. The molecule has 0 N–H and O–H groups in total. The van der Waals surface area contributed by atoms with Gasteiger partial charge in [0.05, 0.1) is 12.4 Å². The topological polar surface area (TPSA) is 24.7 Å². The van der Waals surface area contributed by atoms with Crippen LogP contribution in [0.3, 0.4) is 0 Å². The number of aryl methyl sites for hydroxylation is 1. The predicted molar refractivity (Wildman–Crippen MR) is 86.7 cm³/mol. The SMILES string of the molecule is CCCc1c(F)cc(C=NN=Cc2ccc(C)cc2)cc1F. The lowest BCUT2D eigenvalue weighted by molar-refractivity contribution is 0.552. The quantitative estimate of drug-likeness (QED) is 0.566. The zero-order valence-electron chi connectivity index (χ0n) is 12.7. The average Bonchev–Trinajstić information content (AvgIpc) is 2.49. The molecule has 2 nitrogen and oxygen atoms in total. The van der Waals surface area contributed by atoms with Crippen molar-refractivity contribution in [2.75, 3.05) is 0 Å². The van der Waals surface area contributed by atoms with Crippen molar-refractivity contribution in [3.05, 3.63) is 70.3 Å². The molecule has 0 atom stereocenters. The van der Waals surface area contributed by atoms with Crippen LogP contribution in [0.4, 0.5) is 8.78 Å². The fourth-order valence-corrected chi connectivity index (χ4v) is 2.04. The van der Waals surface area contributed by atoms with Crippen molar-refractivity contribution in [3.63, 3.8) is 0 Å². The van der Waals surface area contributed by atoms with Crippen LogP contribution in [0.1, 0.15) is 35.6 Å². The fourth-order valence-electron chi connectivity index (χ4n) is 2.04. The molecule has 22 heavy (non-hydrogen) atoms. The molecular formula is C18H18F2N2. The van der Waals surface area contributed by atoms with Crippen molar-refractivity contribution >= 4 is 12.4 Å². The maximum Gasteiger partial charge on any atom is 0.129 e. The Bertz CT molecular complexity index is 666. The van der Waals surface area contributed by atoms with E-state index in [0.717, 1.165) is 5.56 Å². The molecule has 114 valence electrons. The summed E-state index contributed by atoms with van der Waals surface area (Å²) < 4.78 is 27.5. The van der Waals surface area contributed by atoms with Gasteiger partial charge in [0.1, 0.15) is 11.6 Å². The molecule has 0 spiro atoms. The Morgan fingerprint density at radius 2 is 1.45 bits per heavy atom. The summed E-state index contributed by atoms with van der Waals surface area (Å²) >= 11 is 0. The minimum absolute atomic E-state index is 0.128. The first kappa shape index (κ1) is 16.0. The smallest absolute Gasteiger partial charge is 0.129 e. The first-order valence-electron chi connectivity index (χ1n) is 7.21. The maximum atomic E-state index is 13.8. The van der Waals surface area contributed by atoms with E-state index < -0.39 is 11.6 Å². The van der Waals surface area contributed by atoms with E-state index in [-0.39, 0.29) is 5.56 Å². The highest BCUT2D eigenvalue weighted by Gasteiger charge is 2.09. The molecule has 4 heteroatoms. The second kappa shape index (κ2) is 7.59. The molecule has 0 fully saturated rings. The van der Waals surface area contributed by atoms with Crippen molar-refractivity contribution in [2.45, 2.75) is 26.7 Å². The second-order valence-electron chi connectivity index (χ2n) is 5.11. The molecule has 0 aliphatic rings. The number of rotatable bonds is 5. The Balaban J connectivity index is 2.08. The van der Waals surface area contributed by atoms with Crippen molar-refractivity contribution in [1.82, 2.24) is 0 Å². The van der Waals surface area contributed by atoms with Crippen LogP contribution >= 0.6 is 0 Å². The third kappa shape index (κ3) is 4.32. The molecule has 0 bridgehead atoms. The third-order valence-corrected chi connectivity index (χ3v) is 3.22. The Morgan fingerprint density at radius 1 is 0.909 bits per heavy atom. The highest BCUT2D eigenvalue weighted by Crippen LogP contribution is 2.16. The van der Waals surface area contributed by atoms with Crippen molar-refractivity contribution in [3.8, 4) is 0 Å². The van der Waals surface area contributed by atoms with Gasteiger partial charge in [0, 0.05) is 11.1 Å².